The van der Waals surface area contributed by atoms with Crippen molar-refractivity contribution in [1.82, 2.24) is 20.2 Å². The lowest BCUT2D eigenvalue weighted by atomic mass is 9.95. The number of primary amides is 1. The number of nitrogens with zero attached hydrogens (tertiary/aromatic N) is 2. The molecule has 4 aromatic rings. The van der Waals surface area contributed by atoms with E-state index in [1.807, 2.05) is 12.1 Å². The zero-order chi connectivity index (χ0) is 22.8. The van der Waals surface area contributed by atoms with Gasteiger partial charge in [0.15, 0.2) is 0 Å². The molecule has 1 aliphatic heterocycles. The number of ether oxygens (including phenoxy) is 1. The van der Waals surface area contributed by atoms with Crippen LogP contribution in [0.3, 0.4) is 0 Å². The largest absolute Gasteiger partial charge is 0.410 e. The number of nitrogens with one attached hydrogen (secondary N) is 2. The molecule has 1 fully saturated rings. The van der Waals surface area contributed by atoms with E-state index in [0.717, 1.165) is 53.6 Å². The highest BCUT2D eigenvalue weighted by Crippen LogP contribution is 2.32. The van der Waals surface area contributed by atoms with Gasteiger partial charge in [-0.05, 0) is 35.4 Å². The van der Waals surface area contributed by atoms with Gasteiger partial charge in [0.2, 0.25) is 0 Å². The van der Waals surface area contributed by atoms with E-state index in [0.29, 0.717) is 5.75 Å². The number of aromatic nitrogens is 2. The second-order valence-electron chi connectivity index (χ2n) is 8.05. The van der Waals surface area contributed by atoms with Crippen molar-refractivity contribution in [3.63, 3.8) is 0 Å². The summed E-state index contributed by atoms with van der Waals surface area (Å²) in [6.45, 7) is 3.91. The Kier molecular flexibility index (Phi) is 6.00. The smallest absolute Gasteiger partial charge is 0.409 e. The summed E-state index contributed by atoms with van der Waals surface area (Å²) in [6, 6.07) is 21.9. The Labute approximate surface area is 196 Å². The minimum absolute atomic E-state index is 0.155. The van der Waals surface area contributed by atoms with Crippen molar-refractivity contribution >= 4 is 28.7 Å². The van der Waals surface area contributed by atoms with Crippen LogP contribution in [-0.2, 0) is 0 Å². The lowest BCUT2D eigenvalue weighted by molar-refractivity contribution is 0.198. The summed E-state index contributed by atoms with van der Waals surface area (Å²) < 4.78 is 4.96. The van der Waals surface area contributed by atoms with Crippen LogP contribution in [0.15, 0.2) is 66.7 Å². The standard InChI is InChI=1S/C25H24ClN5O2/c26-19-7-5-17(6-8-19)23(31-13-11-28-12-14-31)16-1-3-18(4-2-16)24-29-21-10-9-20(33-25(27)32)15-22(21)30-24/h1-10,15,23,28H,11-14H2,(H2,27,32)(H,29,30). The molecule has 2 heterocycles. The Morgan fingerprint density at radius 2 is 1.67 bits per heavy atom. The van der Waals surface area contributed by atoms with E-state index >= 15 is 0 Å². The minimum atomic E-state index is -0.843. The molecular formula is C25H24ClN5O2. The molecule has 1 amide bonds. The Morgan fingerprint density at radius 3 is 2.33 bits per heavy atom. The van der Waals surface area contributed by atoms with E-state index in [1.165, 1.54) is 11.1 Å². The molecule has 33 heavy (non-hydrogen) atoms. The zero-order valence-corrected chi connectivity index (χ0v) is 18.7. The van der Waals surface area contributed by atoms with Crippen LogP contribution >= 0.6 is 11.6 Å². The Bertz CT molecular complexity index is 1260. The third-order valence-corrected chi connectivity index (χ3v) is 6.13. The molecule has 4 N–H and O–H groups in total. The van der Waals surface area contributed by atoms with Crippen LogP contribution < -0.4 is 15.8 Å². The number of fused-ring (bicyclic) bond motifs is 1. The Balaban J connectivity index is 1.45. The number of aromatic amines is 1. The summed E-state index contributed by atoms with van der Waals surface area (Å²) in [4.78, 5) is 21.5. The molecule has 8 heteroatoms. The van der Waals surface area contributed by atoms with Gasteiger partial charge >= 0.3 is 6.09 Å². The van der Waals surface area contributed by atoms with E-state index < -0.39 is 6.09 Å². The normalized spacial score (nSPS) is 15.4. The maximum absolute atomic E-state index is 11.0. The Morgan fingerprint density at radius 1 is 1.00 bits per heavy atom. The number of hydrogen-bond donors (Lipinski definition) is 3. The topological polar surface area (TPSA) is 96.3 Å². The van der Waals surface area contributed by atoms with Gasteiger partial charge in [-0.3, -0.25) is 4.90 Å². The monoisotopic (exact) mass is 461 g/mol. The molecule has 0 aliphatic carbocycles. The van der Waals surface area contributed by atoms with E-state index in [4.69, 9.17) is 22.1 Å². The molecule has 5 rings (SSSR count). The fourth-order valence-corrected chi connectivity index (χ4v) is 4.45. The fourth-order valence-electron chi connectivity index (χ4n) is 4.33. The van der Waals surface area contributed by atoms with Crippen molar-refractivity contribution in [2.75, 3.05) is 26.2 Å². The number of carbonyl (C=O) groups is 1. The van der Waals surface area contributed by atoms with Crippen molar-refractivity contribution in [2.45, 2.75) is 6.04 Å². The maximum Gasteiger partial charge on any atom is 0.409 e. The van der Waals surface area contributed by atoms with Crippen molar-refractivity contribution in [3.05, 3.63) is 82.9 Å². The molecule has 3 aromatic carbocycles. The van der Waals surface area contributed by atoms with Crippen molar-refractivity contribution in [3.8, 4) is 17.1 Å². The minimum Gasteiger partial charge on any atom is -0.410 e. The van der Waals surface area contributed by atoms with Crippen LogP contribution in [0.25, 0.3) is 22.4 Å². The highest BCUT2D eigenvalue weighted by molar-refractivity contribution is 6.30. The van der Waals surface area contributed by atoms with Crippen LogP contribution in [-0.4, -0.2) is 47.1 Å². The number of imidazole rings is 1. The fraction of sp³-hybridized carbons (Fsp3) is 0.200. The van der Waals surface area contributed by atoms with E-state index in [9.17, 15) is 4.79 Å². The van der Waals surface area contributed by atoms with Gasteiger partial charge in [0.25, 0.3) is 0 Å². The van der Waals surface area contributed by atoms with Gasteiger partial charge in [-0.15, -0.1) is 0 Å². The second-order valence-corrected chi connectivity index (χ2v) is 8.48. The summed E-state index contributed by atoms with van der Waals surface area (Å²) in [7, 11) is 0. The lowest BCUT2D eigenvalue weighted by Gasteiger charge is -2.35. The first-order chi connectivity index (χ1) is 16.1. The SMILES string of the molecule is NC(=O)Oc1ccc2nc(-c3ccc(C(c4ccc(Cl)cc4)N4CCNCC4)cc3)[nH]c2c1. The molecular weight excluding hydrogens is 438 g/mol. The summed E-state index contributed by atoms with van der Waals surface area (Å²) >= 11 is 6.14. The first kappa shape index (κ1) is 21.5. The highest BCUT2D eigenvalue weighted by atomic mass is 35.5. The molecule has 0 spiro atoms. The maximum atomic E-state index is 11.0. The van der Waals surface area contributed by atoms with Gasteiger partial charge in [-0.25, -0.2) is 9.78 Å². The van der Waals surface area contributed by atoms with Crippen LogP contribution in [0.1, 0.15) is 17.2 Å². The number of carbonyl (C=O) groups excluding carboxylic acids is 1. The Hall–Kier alpha value is -3.39. The van der Waals surface area contributed by atoms with Crippen LogP contribution in [0.5, 0.6) is 5.75 Å². The van der Waals surface area contributed by atoms with E-state index in [1.54, 1.807) is 18.2 Å². The van der Waals surface area contributed by atoms with Crippen LogP contribution in [0.4, 0.5) is 4.79 Å². The average Bonchev–Trinajstić information content (AvgIpc) is 3.25. The van der Waals surface area contributed by atoms with Crippen molar-refractivity contribution in [1.29, 1.82) is 0 Å². The molecule has 1 aliphatic rings. The molecule has 1 aromatic heterocycles. The third kappa shape index (κ3) is 4.71. The molecule has 1 atom stereocenters. The van der Waals surface area contributed by atoms with Gasteiger partial charge < -0.3 is 20.8 Å². The summed E-state index contributed by atoms with van der Waals surface area (Å²) in [5.74, 6) is 1.13. The van der Waals surface area contributed by atoms with E-state index in [2.05, 4.69) is 56.6 Å². The van der Waals surface area contributed by atoms with Gasteiger partial charge in [-0.1, -0.05) is 48.0 Å². The van der Waals surface area contributed by atoms with Crippen molar-refractivity contribution < 1.29 is 9.53 Å². The number of H-pyrrole nitrogens is 1. The predicted molar refractivity (Wildman–Crippen MR) is 129 cm³/mol. The number of piperazine rings is 1. The number of amides is 1. The first-order valence-corrected chi connectivity index (χ1v) is 11.2. The summed E-state index contributed by atoms with van der Waals surface area (Å²) in [5, 5.41) is 4.17. The number of nitrogens with two attached hydrogens (primary N) is 1. The lowest BCUT2D eigenvalue weighted by Crippen LogP contribution is -2.45. The molecule has 1 unspecified atom stereocenters. The molecule has 7 nitrogen and oxygen atoms in total. The van der Waals surface area contributed by atoms with Gasteiger partial charge in [0.1, 0.15) is 11.6 Å². The predicted octanol–water partition coefficient (Wildman–Crippen LogP) is 4.34. The van der Waals surface area contributed by atoms with Crippen LogP contribution in [0.2, 0.25) is 5.02 Å². The molecule has 0 radical (unpaired) electrons. The number of benzene rings is 3. The number of halogens is 1. The van der Waals surface area contributed by atoms with Crippen molar-refractivity contribution in [2.24, 2.45) is 5.73 Å². The quantitative estimate of drug-likeness (QED) is 0.411. The first-order valence-electron chi connectivity index (χ1n) is 10.8. The van der Waals surface area contributed by atoms with Gasteiger partial charge in [-0.2, -0.15) is 0 Å². The zero-order valence-electron chi connectivity index (χ0n) is 17.9. The average molecular weight is 462 g/mol. The number of rotatable bonds is 5. The molecule has 0 bridgehead atoms. The molecule has 1 saturated heterocycles. The second kappa shape index (κ2) is 9.23. The number of hydrogen-bond acceptors (Lipinski definition) is 5. The molecule has 168 valence electrons. The van der Waals surface area contributed by atoms with E-state index in [-0.39, 0.29) is 6.04 Å². The summed E-state index contributed by atoms with van der Waals surface area (Å²) in [5.41, 5.74) is 10.1. The summed E-state index contributed by atoms with van der Waals surface area (Å²) in [6.07, 6.45) is -0.843. The molecule has 0 saturated carbocycles. The third-order valence-electron chi connectivity index (χ3n) is 5.87. The van der Waals surface area contributed by atoms with Gasteiger partial charge in [0, 0.05) is 42.8 Å². The van der Waals surface area contributed by atoms with Gasteiger partial charge in [0.05, 0.1) is 17.1 Å². The van der Waals surface area contributed by atoms with Crippen LogP contribution in [0, 0.1) is 0 Å². The highest BCUT2D eigenvalue weighted by Gasteiger charge is 2.24.